The Bertz CT molecular complexity index is 790. The number of hydrogen-bond acceptors (Lipinski definition) is 4. The molecule has 0 spiro atoms. The van der Waals surface area contributed by atoms with Gasteiger partial charge in [-0.15, -0.1) is 21.5 Å². The molecule has 6 heteroatoms. The molecule has 0 aliphatic heterocycles. The summed E-state index contributed by atoms with van der Waals surface area (Å²) in [6, 6.07) is 7.65. The third-order valence-corrected chi connectivity index (χ3v) is 4.74. The van der Waals surface area contributed by atoms with Gasteiger partial charge >= 0.3 is 0 Å². The van der Waals surface area contributed by atoms with Crippen molar-refractivity contribution >= 4 is 22.9 Å². The highest BCUT2D eigenvalue weighted by molar-refractivity contribution is 7.14. The lowest BCUT2D eigenvalue weighted by molar-refractivity contribution is 0.0954. The summed E-state index contributed by atoms with van der Waals surface area (Å²) < 4.78 is 1.87. The van der Waals surface area contributed by atoms with Crippen molar-refractivity contribution in [2.75, 3.05) is 0 Å². The summed E-state index contributed by atoms with van der Waals surface area (Å²) in [7, 11) is 0. The molecule has 5 nitrogen and oxygen atoms in total. The van der Waals surface area contributed by atoms with Gasteiger partial charge in [0.05, 0.1) is 11.4 Å². The van der Waals surface area contributed by atoms with Crippen molar-refractivity contribution in [3.05, 3.63) is 51.6 Å². The Labute approximate surface area is 126 Å². The van der Waals surface area contributed by atoms with E-state index in [0.29, 0.717) is 6.54 Å². The third kappa shape index (κ3) is 2.67. The number of aromatic nitrogens is 3. The zero-order chi connectivity index (χ0) is 14.8. The second kappa shape index (κ2) is 5.65. The van der Waals surface area contributed by atoms with Crippen molar-refractivity contribution in [3.63, 3.8) is 0 Å². The predicted molar refractivity (Wildman–Crippen MR) is 82.6 cm³/mol. The highest BCUT2D eigenvalue weighted by Crippen LogP contribution is 2.22. The monoisotopic (exact) mass is 300 g/mol. The number of fused-ring (bicyclic) bond motifs is 1. The van der Waals surface area contributed by atoms with Gasteiger partial charge in [0, 0.05) is 11.1 Å². The minimum atomic E-state index is -0.0597. The number of thiophene rings is 1. The molecule has 108 valence electrons. The third-order valence-electron chi connectivity index (χ3n) is 3.36. The minimum Gasteiger partial charge on any atom is -0.344 e. The Kier molecular flexibility index (Phi) is 3.70. The van der Waals surface area contributed by atoms with E-state index < -0.39 is 0 Å². The molecule has 0 atom stereocenters. The van der Waals surface area contributed by atoms with E-state index in [-0.39, 0.29) is 5.91 Å². The molecule has 0 aromatic carbocycles. The molecule has 1 N–H and O–H groups in total. The lowest BCUT2D eigenvalue weighted by atomic mass is 10.2. The molecule has 3 rings (SSSR count). The number of nitrogens with one attached hydrogen (secondary N) is 1. The molecule has 0 saturated carbocycles. The van der Waals surface area contributed by atoms with Crippen molar-refractivity contribution in [2.24, 2.45) is 0 Å². The summed E-state index contributed by atoms with van der Waals surface area (Å²) in [6.45, 7) is 4.50. The van der Waals surface area contributed by atoms with Crippen LogP contribution in [0.25, 0.3) is 5.65 Å². The number of rotatable bonds is 4. The van der Waals surface area contributed by atoms with Crippen molar-refractivity contribution in [2.45, 2.75) is 26.8 Å². The van der Waals surface area contributed by atoms with Gasteiger partial charge in [-0.2, -0.15) is 0 Å². The molecule has 0 radical (unpaired) electrons. The Balaban J connectivity index is 1.73. The van der Waals surface area contributed by atoms with Crippen LogP contribution in [-0.2, 0) is 13.0 Å². The van der Waals surface area contributed by atoms with Gasteiger partial charge in [0.25, 0.3) is 5.91 Å². The van der Waals surface area contributed by atoms with Gasteiger partial charge in [0.15, 0.2) is 11.5 Å². The molecule has 3 aromatic rings. The number of pyridine rings is 1. The fourth-order valence-electron chi connectivity index (χ4n) is 2.24. The molecule has 21 heavy (non-hydrogen) atoms. The summed E-state index contributed by atoms with van der Waals surface area (Å²) in [5.74, 6) is 0.665. The maximum atomic E-state index is 12.2. The zero-order valence-electron chi connectivity index (χ0n) is 12.0. The Hall–Kier alpha value is -2.21. The van der Waals surface area contributed by atoms with Crippen LogP contribution in [0.15, 0.2) is 30.5 Å². The van der Waals surface area contributed by atoms with Crippen LogP contribution in [0.5, 0.6) is 0 Å². The summed E-state index contributed by atoms with van der Waals surface area (Å²) in [5.41, 5.74) is 1.96. The molecule has 0 aliphatic carbocycles. The van der Waals surface area contributed by atoms with Crippen molar-refractivity contribution < 1.29 is 4.79 Å². The Morgan fingerprint density at radius 1 is 1.38 bits per heavy atom. The van der Waals surface area contributed by atoms with Gasteiger partial charge in [0.1, 0.15) is 0 Å². The molecule has 3 aromatic heterocycles. The van der Waals surface area contributed by atoms with Crippen molar-refractivity contribution in [1.29, 1.82) is 0 Å². The van der Waals surface area contributed by atoms with E-state index in [4.69, 9.17) is 0 Å². The number of amides is 1. The number of hydrogen-bond donors (Lipinski definition) is 1. The second-order valence-electron chi connectivity index (χ2n) is 4.80. The zero-order valence-corrected chi connectivity index (χ0v) is 12.8. The van der Waals surface area contributed by atoms with E-state index in [9.17, 15) is 4.79 Å². The van der Waals surface area contributed by atoms with Gasteiger partial charge in [0.2, 0.25) is 0 Å². The van der Waals surface area contributed by atoms with E-state index in [0.717, 1.165) is 22.8 Å². The van der Waals surface area contributed by atoms with E-state index in [2.05, 4.69) is 22.4 Å². The van der Waals surface area contributed by atoms with Crippen LogP contribution in [0.4, 0.5) is 0 Å². The lowest BCUT2D eigenvalue weighted by Gasteiger charge is -2.02. The van der Waals surface area contributed by atoms with Gasteiger partial charge in [-0.25, -0.2) is 0 Å². The summed E-state index contributed by atoms with van der Waals surface area (Å²) in [5, 5.41) is 11.1. The molecule has 0 bridgehead atoms. The van der Waals surface area contributed by atoms with Crippen LogP contribution in [-0.4, -0.2) is 20.5 Å². The normalized spacial score (nSPS) is 11.0. The largest absolute Gasteiger partial charge is 0.344 e. The minimum absolute atomic E-state index is 0.0597. The predicted octanol–water partition coefficient (Wildman–Crippen LogP) is 2.59. The highest BCUT2D eigenvalue weighted by atomic mass is 32.1. The molecular formula is C15H16N4OS. The smallest absolute Gasteiger partial charge is 0.261 e. The number of nitrogens with zero attached hydrogens (tertiary/aromatic N) is 3. The topological polar surface area (TPSA) is 59.3 Å². The van der Waals surface area contributed by atoms with Gasteiger partial charge in [-0.3, -0.25) is 9.20 Å². The average Bonchev–Trinajstić information content (AvgIpc) is 3.08. The van der Waals surface area contributed by atoms with E-state index in [1.807, 2.05) is 41.8 Å². The molecular weight excluding hydrogens is 284 g/mol. The quantitative estimate of drug-likeness (QED) is 0.805. The fourth-order valence-corrected chi connectivity index (χ4v) is 3.27. The molecule has 3 heterocycles. The number of carbonyl (C=O) groups is 1. The van der Waals surface area contributed by atoms with Crippen LogP contribution >= 0.6 is 11.3 Å². The van der Waals surface area contributed by atoms with Crippen LogP contribution in [0, 0.1) is 6.92 Å². The Morgan fingerprint density at radius 3 is 3.00 bits per heavy atom. The maximum absolute atomic E-state index is 12.2. The van der Waals surface area contributed by atoms with Gasteiger partial charge < -0.3 is 5.32 Å². The van der Waals surface area contributed by atoms with Crippen LogP contribution in [0.1, 0.15) is 32.9 Å². The van der Waals surface area contributed by atoms with Crippen LogP contribution in [0.2, 0.25) is 0 Å². The standard InChI is InChI=1S/C15H16N4OS/c1-3-11-10(2)8-12(21-11)15(20)16-9-14-18-17-13-6-4-5-7-19(13)14/h4-8H,3,9H2,1-2H3,(H,16,20). The maximum Gasteiger partial charge on any atom is 0.261 e. The van der Waals surface area contributed by atoms with Crippen molar-refractivity contribution in [3.8, 4) is 0 Å². The first kappa shape index (κ1) is 13.8. The molecule has 0 aliphatic rings. The van der Waals surface area contributed by atoms with Crippen LogP contribution < -0.4 is 5.32 Å². The van der Waals surface area contributed by atoms with E-state index in [1.165, 1.54) is 10.4 Å². The van der Waals surface area contributed by atoms with Gasteiger partial charge in [-0.05, 0) is 37.1 Å². The van der Waals surface area contributed by atoms with E-state index >= 15 is 0 Å². The lowest BCUT2D eigenvalue weighted by Crippen LogP contribution is -2.23. The SMILES string of the molecule is CCc1sc(C(=O)NCc2nnc3ccccn23)cc1C. The van der Waals surface area contributed by atoms with Crippen LogP contribution in [0.3, 0.4) is 0 Å². The van der Waals surface area contributed by atoms with Gasteiger partial charge in [-0.1, -0.05) is 13.0 Å². The first-order chi connectivity index (χ1) is 10.2. The average molecular weight is 300 g/mol. The molecule has 0 unspecified atom stereocenters. The molecule has 0 fully saturated rings. The van der Waals surface area contributed by atoms with Crippen molar-refractivity contribution in [1.82, 2.24) is 19.9 Å². The number of aryl methyl sites for hydroxylation is 2. The number of carbonyl (C=O) groups excluding carboxylic acids is 1. The second-order valence-corrected chi connectivity index (χ2v) is 5.93. The highest BCUT2D eigenvalue weighted by Gasteiger charge is 2.12. The van der Waals surface area contributed by atoms with E-state index in [1.54, 1.807) is 11.3 Å². The fraction of sp³-hybridized carbons (Fsp3) is 0.267. The summed E-state index contributed by atoms with van der Waals surface area (Å²) in [4.78, 5) is 14.2. The molecule has 0 saturated heterocycles. The Morgan fingerprint density at radius 2 is 2.24 bits per heavy atom. The summed E-state index contributed by atoms with van der Waals surface area (Å²) in [6.07, 6.45) is 2.85. The summed E-state index contributed by atoms with van der Waals surface area (Å²) >= 11 is 1.55. The first-order valence-corrected chi connectivity index (χ1v) is 7.67. The molecule has 1 amide bonds. The first-order valence-electron chi connectivity index (χ1n) is 6.85.